The van der Waals surface area contributed by atoms with E-state index in [-0.39, 0.29) is 18.2 Å². The maximum atomic E-state index is 11.3. The molecule has 0 saturated heterocycles. The van der Waals surface area contributed by atoms with Crippen LogP contribution in [-0.4, -0.2) is 31.5 Å². The highest BCUT2D eigenvalue weighted by molar-refractivity contribution is 5.60. The van der Waals surface area contributed by atoms with Crippen LogP contribution in [0, 0.1) is 0 Å². The van der Waals surface area contributed by atoms with Crippen LogP contribution in [0.25, 0.3) is 0 Å². The number of carbonyl (C=O) groups is 1. The Balaban J connectivity index is 2.37. The first-order valence-electron chi connectivity index (χ1n) is 5.68. The molecule has 88 valence electrons. The lowest BCUT2D eigenvalue weighted by atomic mass is 9.93. The van der Waals surface area contributed by atoms with Crippen LogP contribution in [0.5, 0.6) is 0 Å². The quantitative estimate of drug-likeness (QED) is 0.732. The highest BCUT2D eigenvalue weighted by Crippen LogP contribution is 2.21. The first-order valence-corrected chi connectivity index (χ1v) is 5.68. The highest BCUT2D eigenvalue weighted by atomic mass is 16.7. The van der Waals surface area contributed by atoms with Crippen LogP contribution in [0.3, 0.4) is 0 Å². The Kier molecular flexibility index (Phi) is 4.88. The predicted octanol–water partition coefficient (Wildman–Crippen LogP) is 2.08. The zero-order chi connectivity index (χ0) is 11.3. The molecule has 1 aliphatic carbocycles. The monoisotopic (exact) mass is 215 g/mol. The van der Waals surface area contributed by atoms with Crippen molar-refractivity contribution < 1.29 is 14.3 Å². The Hall–Kier alpha value is -0.770. The summed E-state index contributed by atoms with van der Waals surface area (Å²) >= 11 is 0. The van der Waals surface area contributed by atoms with Crippen LogP contribution in [-0.2, 0) is 9.47 Å². The molecule has 1 saturated carbocycles. The molecule has 1 rings (SSSR count). The molecule has 1 aliphatic rings. The predicted molar refractivity (Wildman–Crippen MR) is 57.8 cm³/mol. The van der Waals surface area contributed by atoms with Gasteiger partial charge >= 0.3 is 6.16 Å². The molecule has 1 fully saturated rings. The first kappa shape index (κ1) is 12.3. The van der Waals surface area contributed by atoms with E-state index in [2.05, 4.69) is 5.32 Å². The van der Waals surface area contributed by atoms with Crippen molar-refractivity contribution in [1.29, 1.82) is 0 Å². The van der Waals surface area contributed by atoms with Crippen molar-refractivity contribution in [2.45, 2.75) is 57.8 Å². The fourth-order valence-electron chi connectivity index (χ4n) is 1.91. The van der Waals surface area contributed by atoms with E-state index in [4.69, 9.17) is 9.47 Å². The van der Waals surface area contributed by atoms with Gasteiger partial charge in [-0.25, -0.2) is 4.79 Å². The van der Waals surface area contributed by atoms with Crippen LogP contribution in [0.2, 0.25) is 0 Å². The van der Waals surface area contributed by atoms with Crippen LogP contribution >= 0.6 is 0 Å². The number of likely N-dealkylation sites (N-methyl/N-ethyl adjacent to an activating group) is 1. The van der Waals surface area contributed by atoms with E-state index in [1.54, 1.807) is 0 Å². The second-order valence-corrected chi connectivity index (χ2v) is 4.25. The van der Waals surface area contributed by atoms with Gasteiger partial charge in [0.15, 0.2) is 0 Å². The van der Waals surface area contributed by atoms with Gasteiger partial charge in [0, 0.05) is 6.04 Å². The number of ether oxygens (including phenoxy) is 2. The topological polar surface area (TPSA) is 47.6 Å². The van der Waals surface area contributed by atoms with Gasteiger partial charge in [-0.15, -0.1) is 0 Å². The lowest BCUT2D eigenvalue weighted by Gasteiger charge is -2.30. The van der Waals surface area contributed by atoms with Crippen molar-refractivity contribution in [3.8, 4) is 0 Å². The summed E-state index contributed by atoms with van der Waals surface area (Å²) in [6, 6.07) is 0.276. The summed E-state index contributed by atoms with van der Waals surface area (Å²) in [5.41, 5.74) is 0. The van der Waals surface area contributed by atoms with Crippen molar-refractivity contribution in [2.75, 3.05) is 7.05 Å². The minimum absolute atomic E-state index is 0.0324. The second-order valence-electron chi connectivity index (χ2n) is 4.25. The molecule has 4 nitrogen and oxygen atoms in total. The van der Waals surface area contributed by atoms with E-state index in [9.17, 15) is 4.79 Å². The van der Waals surface area contributed by atoms with Gasteiger partial charge < -0.3 is 14.8 Å². The molecule has 0 amide bonds. The van der Waals surface area contributed by atoms with Gasteiger partial charge in [-0.3, -0.25) is 0 Å². The van der Waals surface area contributed by atoms with Crippen molar-refractivity contribution in [2.24, 2.45) is 0 Å². The van der Waals surface area contributed by atoms with E-state index in [0.717, 1.165) is 19.3 Å². The second kappa shape index (κ2) is 5.95. The maximum Gasteiger partial charge on any atom is 0.508 e. The molecule has 2 atom stereocenters. The van der Waals surface area contributed by atoms with E-state index >= 15 is 0 Å². The molecule has 1 N–H and O–H groups in total. The lowest BCUT2D eigenvalue weighted by molar-refractivity contribution is -0.0134. The molecule has 0 bridgehead atoms. The molecule has 0 radical (unpaired) electrons. The van der Waals surface area contributed by atoms with Crippen LogP contribution in [0.4, 0.5) is 4.79 Å². The zero-order valence-corrected chi connectivity index (χ0v) is 9.79. The molecule has 0 spiro atoms. The Morgan fingerprint density at radius 1 is 1.33 bits per heavy atom. The summed E-state index contributed by atoms with van der Waals surface area (Å²) in [6.07, 6.45) is 3.62. The smallest absolute Gasteiger partial charge is 0.432 e. The summed E-state index contributed by atoms with van der Waals surface area (Å²) in [4.78, 5) is 11.3. The summed E-state index contributed by atoms with van der Waals surface area (Å²) in [6.45, 7) is 3.63. The van der Waals surface area contributed by atoms with Crippen molar-refractivity contribution in [1.82, 2.24) is 5.32 Å². The number of nitrogens with one attached hydrogen (secondary N) is 1. The normalized spacial score (nSPS) is 26.4. The van der Waals surface area contributed by atoms with Gasteiger partial charge in [-0.05, 0) is 40.2 Å². The Bertz CT molecular complexity index is 206. The van der Waals surface area contributed by atoms with Gasteiger partial charge in [-0.1, -0.05) is 6.42 Å². The Morgan fingerprint density at radius 2 is 2.00 bits per heavy atom. The third kappa shape index (κ3) is 4.08. The zero-order valence-electron chi connectivity index (χ0n) is 9.79. The Labute approximate surface area is 91.3 Å². The van der Waals surface area contributed by atoms with Crippen LogP contribution in [0.15, 0.2) is 0 Å². The fraction of sp³-hybridized carbons (Fsp3) is 0.909. The molecule has 0 aliphatic heterocycles. The molecular weight excluding hydrogens is 194 g/mol. The Morgan fingerprint density at radius 3 is 2.60 bits per heavy atom. The van der Waals surface area contributed by atoms with Gasteiger partial charge in [-0.2, -0.15) is 0 Å². The van der Waals surface area contributed by atoms with E-state index < -0.39 is 6.16 Å². The van der Waals surface area contributed by atoms with Gasteiger partial charge in [0.05, 0.1) is 6.10 Å². The number of rotatable bonds is 3. The van der Waals surface area contributed by atoms with Gasteiger partial charge in [0.25, 0.3) is 0 Å². The van der Waals surface area contributed by atoms with E-state index in [1.807, 2.05) is 20.9 Å². The fourth-order valence-corrected chi connectivity index (χ4v) is 1.91. The summed E-state index contributed by atoms with van der Waals surface area (Å²) in [5.74, 6) is 0. The van der Waals surface area contributed by atoms with Crippen molar-refractivity contribution in [3.63, 3.8) is 0 Å². The van der Waals surface area contributed by atoms with Crippen LogP contribution in [0.1, 0.15) is 39.5 Å². The first-order chi connectivity index (χ1) is 7.13. The summed E-state index contributed by atoms with van der Waals surface area (Å²) in [7, 11) is 1.90. The lowest BCUT2D eigenvalue weighted by Crippen LogP contribution is -2.43. The average molecular weight is 215 g/mol. The number of hydrogen-bond donors (Lipinski definition) is 1. The minimum atomic E-state index is -0.544. The van der Waals surface area contributed by atoms with Crippen molar-refractivity contribution in [3.05, 3.63) is 0 Å². The molecule has 0 aromatic rings. The minimum Gasteiger partial charge on any atom is -0.432 e. The van der Waals surface area contributed by atoms with Gasteiger partial charge in [0.1, 0.15) is 6.10 Å². The summed E-state index contributed by atoms with van der Waals surface area (Å²) in [5, 5.41) is 3.18. The summed E-state index contributed by atoms with van der Waals surface area (Å²) < 4.78 is 10.2. The number of carbonyl (C=O) groups excluding carboxylic acids is 1. The average Bonchev–Trinajstić information content (AvgIpc) is 2.17. The highest BCUT2D eigenvalue weighted by Gasteiger charge is 2.27. The van der Waals surface area contributed by atoms with Crippen LogP contribution < -0.4 is 5.32 Å². The SMILES string of the molecule is CNC1CCCCC1OC(=O)OC(C)C. The standard InChI is InChI=1S/C11H21NO3/c1-8(2)14-11(13)15-10-7-5-4-6-9(10)12-3/h8-10,12H,4-7H2,1-3H3. The largest absolute Gasteiger partial charge is 0.508 e. The van der Waals surface area contributed by atoms with Crippen molar-refractivity contribution >= 4 is 6.16 Å². The molecule has 0 heterocycles. The third-order valence-corrected chi connectivity index (χ3v) is 2.65. The molecule has 2 unspecified atom stereocenters. The van der Waals surface area contributed by atoms with E-state index in [0.29, 0.717) is 0 Å². The molecule has 0 aromatic heterocycles. The molecule has 0 aromatic carbocycles. The molecular formula is C11H21NO3. The molecule has 4 heteroatoms. The maximum absolute atomic E-state index is 11.3. The number of hydrogen-bond acceptors (Lipinski definition) is 4. The van der Waals surface area contributed by atoms with Gasteiger partial charge in [0.2, 0.25) is 0 Å². The van der Waals surface area contributed by atoms with E-state index in [1.165, 1.54) is 6.42 Å². The molecule has 15 heavy (non-hydrogen) atoms. The third-order valence-electron chi connectivity index (χ3n) is 2.65.